The van der Waals surface area contributed by atoms with Crippen LogP contribution in [-0.4, -0.2) is 26.2 Å². The third-order valence-electron chi connectivity index (χ3n) is 6.15. The zero-order chi connectivity index (χ0) is 26.7. The maximum atomic E-state index is 13.1. The Kier molecular flexibility index (Phi) is 7.66. The molecule has 0 fully saturated rings. The third-order valence-corrected chi connectivity index (χ3v) is 6.15. The number of alkyl halides is 6. The SMILES string of the molecule is COC(=O)C1=C[C@@H](c2ccc(C(F)(F)F)cc2)[C@](/C=C/c2ccc(C(F)(F)F)cc2)(C(=O)OC)CC1. The Morgan fingerprint density at radius 1 is 0.861 bits per heavy atom. The summed E-state index contributed by atoms with van der Waals surface area (Å²) in [4.78, 5) is 25.3. The maximum absolute atomic E-state index is 13.1. The number of carbonyl (C=O) groups is 2. The third kappa shape index (κ3) is 5.63. The van der Waals surface area contributed by atoms with Crippen molar-refractivity contribution in [1.82, 2.24) is 0 Å². The Bertz CT molecular complexity index is 1160. The Morgan fingerprint density at radius 3 is 1.86 bits per heavy atom. The van der Waals surface area contributed by atoms with Crippen molar-refractivity contribution in [1.29, 1.82) is 0 Å². The second kappa shape index (κ2) is 10.2. The van der Waals surface area contributed by atoms with Gasteiger partial charge >= 0.3 is 24.3 Å². The standard InChI is InChI=1S/C26H22F6O4/c1-35-22(33)18-12-14-24(23(34)36-2,13-11-16-3-7-19(8-4-16)25(27,28)29)21(15-18)17-5-9-20(10-6-17)26(30,31)32/h3-11,13,15,21H,12,14H2,1-2H3/b13-11+/t21-,24+/m0/s1. The van der Waals surface area contributed by atoms with Gasteiger partial charge in [0.2, 0.25) is 0 Å². The molecule has 3 rings (SSSR count). The summed E-state index contributed by atoms with van der Waals surface area (Å²) in [5.74, 6) is -2.27. The lowest BCUT2D eigenvalue weighted by molar-refractivity contribution is -0.151. The van der Waals surface area contributed by atoms with Gasteiger partial charge in [0.05, 0.1) is 30.8 Å². The summed E-state index contributed by atoms with van der Waals surface area (Å²) in [6.45, 7) is 0. The van der Waals surface area contributed by atoms with Gasteiger partial charge in [-0.25, -0.2) is 4.79 Å². The average molecular weight is 512 g/mol. The number of benzene rings is 2. The fourth-order valence-corrected chi connectivity index (χ4v) is 4.21. The van der Waals surface area contributed by atoms with Gasteiger partial charge in [-0.15, -0.1) is 0 Å². The largest absolute Gasteiger partial charge is 0.468 e. The van der Waals surface area contributed by atoms with Crippen LogP contribution in [0.15, 0.2) is 66.3 Å². The van der Waals surface area contributed by atoms with Crippen molar-refractivity contribution in [3.05, 3.63) is 88.5 Å². The topological polar surface area (TPSA) is 52.6 Å². The summed E-state index contributed by atoms with van der Waals surface area (Å²) in [6.07, 6.45) is -4.55. The van der Waals surface area contributed by atoms with Gasteiger partial charge in [-0.1, -0.05) is 42.5 Å². The van der Waals surface area contributed by atoms with Crippen LogP contribution in [0.2, 0.25) is 0 Å². The number of methoxy groups -OCH3 is 2. The van der Waals surface area contributed by atoms with Crippen molar-refractivity contribution in [3.63, 3.8) is 0 Å². The van der Waals surface area contributed by atoms with Gasteiger partial charge in [0, 0.05) is 11.5 Å². The average Bonchev–Trinajstić information content (AvgIpc) is 2.85. The normalized spacial score (nSPS) is 20.7. The minimum atomic E-state index is -4.57. The number of halogens is 6. The molecular formula is C26H22F6O4. The number of esters is 2. The molecule has 0 spiro atoms. The minimum absolute atomic E-state index is 0.0451. The summed E-state index contributed by atoms with van der Waals surface area (Å²) in [5, 5.41) is 0. The highest BCUT2D eigenvalue weighted by molar-refractivity contribution is 5.91. The number of hydrogen-bond donors (Lipinski definition) is 0. The van der Waals surface area contributed by atoms with Gasteiger partial charge < -0.3 is 9.47 Å². The molecule has 0 amide bonds. The Hall–Kier alpha value is -3.56. The number of carbonyl (C=O) groups excluding carboxylic acids is 2. The number of allylic oxidation sites excluding steroid dienone is 1. The Morgan fingerprint density at radius 2 is 1.39 bits per heavy atom. The molecule has 0 aromatic heterocycles. The molecule has 192 valence electrons. The molecule has 10 heteroatoms. The lowest BCUT2D eigenvalue weighted by Gasteiger charge is -2.38. The van der Waals surface area contributed by atoms with Crippen LogP contribution in [0.4, 0.5) is 26.3 Å². The highest BCUT2D eigenvalue weighted by Gasteiger charge is 2.47. The number of rotatable bonds is 5. The summed E-state index contributed by atoms with van der Waals surface area (Å²) in [7, 11) is 2.34. The predicted molar refractivity (Wildman–Crippen MR) is 118 cm³/mol. The van der Waals surface area contributed by atoms with Crippen LogP contribution in [0.3, 0.4) is 0 Å². The molecule has 0 saturated heterocycles. The van der Waals surface area contributed by atoms with E-state index in [-0.39, 0.29) is 18.4 Å². The summed E-state index contributed by atoms with van der Waals surface area (Å²) >= 11 is 0. The van der Waals surface area contributed by atoms with E-state index >= 15 is 0 Å². The van der Waals surface area contributed by atoms with Crippen molar-refractivity contribution < 1.29 is 45.4 Å². The zero-order valence-electron chi connectivity index (χ0n) is 19.2. The molecule has 0 heterocycles. The van der Waals surface area contributed by atoms with Gasteiger partial charge in [0.25, 0.3) is 0 Å². The molecule has 1 aliphatic carbocycles. The molecule has 36 heavy (non-hydrogen) atoms. The van der Waals surface area contributed by atoms with Gasteiger partial charge in [0.15, 0.2) is 0 Å². The zero-order valence-corrected chi connectivity index (χ0v) is 19.2. The first-order valence-corrected chi connectivity index (χ1v) is 10.7. The first-order chi connectivity index (χ1) is 16.8. The van der Waals surface area contributed by atoms with Crippen LogP contribution in [0.25, 0.3) is 6.08 Å². The van der Waals surface area contributed by atoms with E-state index in [1.54, 1.807) is 0 Å². The van der Waals surface area contributed by atoms with E-state index in [0.717, 1.165) is 31.4 Å². The molecule has 2 atom stereocenters. The molecule has 2 aromatic carbocycles. The van der Waals surface area contributed by atoms with Gasteiger partial charge in [-0.3, -0.25) is 4.79 Å². The summed E-state index contributed by atoms with van der Waals surface area (Å²) < 4.78 is 87.7. The summed E-state index contributed by atoms with van der Waals surface area (Å²) in [5.41, 5.74) is -2.26. The van der Waals surface area contributed by atoms with E-state index in [1.807, 2.05) is 0 Å². The Balaban J connectivity index is 2.11. The van der Waals surface area contributed by atoms with Crippen LogP contribution in [0.5, 0.6) is 0 Å². The number of hydrogen-bond acceptors (Lipinski definition) is 4. The molecule has 0 radical (unpaired) electrons. The molecule has 0 N–H and O–H groups in total. The van der Waals surface area contributed by atoms with E-state index in [4.69, 9.17) is 9.47 Å². The smallest absolute Gasteiger partial charge is 0.416 e. The summed E-state index contributed by atoms with van der Waals surface area (Å²) in [6, 6.07) is 8.43. The van der Waals surface area contributed by atoms with Gasteiger partial charge in [-0.2, -0.15) is 26.3 Å². The van der Waals surface area contributed by atoms with Crippen LogP contribution in [0, 0.1) is 5.41 Å². The van der Waals surface area contributed by atoms with Crippen molar-refractivity contribution >= 4 is 18.0 Å². The highest BCUT2D eigenvalue weighted by Crippen LogP contribution is 2.49. The molecular weight excluding hydrogens is 490 g/mol. The van der Waals surface area contributed by atoms with Crippen LogP contribution < -0.4 is 0 Å². The monoisotopic (exact) mass is 512 g/mol. The fourth-order valence-electron chi connectivity index (χ4n) is 4.21. The van der Waals surface area contributed by atoms with E-state index in [1.165, 1.54) is 49.6 Å². The van der Waals surface area contributed by atoms with Crippen LogP contribution in [-0.2, 0) is 31.4 Å². The fraction of sp³-hybridized carbons (Fsp3) is 0.308. The second-order valence-electron chi connectivity index (χ2n) is 8.27. The molecule has 1 aliphatic rings. The molecule has 0 bridgehead atoms. The van der Waals surface area contributed by atoms with Gasteiger partial charge in [0.1, 0.15) is 0 Å². The first kappa shape index (κ1) is 27.0. The van der Waals surface area contributed by atoms with E-state index in [2.05, 4.69) is 0 Å². The molecule has 4 nitrogen and oxygen atoms in total. The quantitative estimate of drug-likeness (QED) is 0.336. The lowest BCUT2D eigenvalue weighted by atomic mass is 9.64. The molecule has 0 unspecified atom stereocenters. The second-order valence-corrected chi connectivity index (χ2v) is 8.27. The first-order valence-electron chi connectivity index (χ1n) is 10.7. The minimum Gasteiger partial charge on any atom is -0.468 e. The maximum Gasteiger partial charge on any atom is 0.416 e. The lowest BCUT2D eigenvalue weighted by Crippen LogP contribution is -2.39. The molecule has 0 saturated carbocycles. The number of ether oxygens (including phenoxy) is 2. The Labute approximate surface area is 203 Å². The van der Waals surface area contributed by atoms with Crippen LogP contribution >= 0.6 is 0 Å². The van der Waals surface area contributed by atoms with E-state index in [0.29, 0.717) is 11.1 Å². The van der Waals surface area contributed by atoms with Crippen molar-refractivity contribution in [2.75, 3.05) is 14.2 Å². The van der Waals surface area contributed by atoms with Crippen LogP contribution in [0.1, 0.15) is 41.0 Å². The van der Waals surface area contributed by atoms with E-state index < -0.39 is 46.8 Å². The highest BCUT2D eigenvalue weighted by atomic mass is 19.4. The molecule has 0 aliphatic heterocycles. The van der Waals surface area contributed by atoms with E-state index in [9.17, 15) is 35.9 Å². The van der Waals surface area contributed by atoms with Crippen molar-refractivity contribution in [3.8, 4) is 0 Å². The van der Waals surface area contributed by atoms with Crippen molar-refractivity contribution in [2.45, 2.75) is 31.1 Å². The van der Waals surface area contributed by atoms with Gasteiger partial charge in [-0.05, 0) is 48.2 Å². The predicted octanol–water partition coefficient (Wildman–Crippen LogP) is 6.57. The van der Waals surface area contributed by atoms with Crippen molar-refractivity contribution in [2.24, 2.45) is 5.41 Å². The molecule has 2 aromatic rings.